The van der Waals surface area contributed by atoms with E-state index in [0.29, 0.717) is 10.3 Å². The van der Waals surface area contributed by atoms with Crippen molar-refractivity contribution in [1.82, 2.24) is 19.4 Å². The van der Waals surface area contributed by atoms with Crippen LogP contribution in [0.1, 0.15) is 27.5 Å². The first-order chi connectivity index (χ1) is 11.1. The molecule has 1 amide bonds. The molecule has 0 aromatic carbocycles. The van der Waals surface area contributed by atoms with Crippen LogP contribution in [0, 0.1) is 6.92 Å². The van der Waals surface area contributed by atoms with Gasteiger partial charge in [-0.2, -0.15) is 0 Å². The quantitative estimate of drug-likeness (QED) is 0.785. The van der Waals surface area contributed by atoms with E-state index in [4.69, 9.17) is 0 Å². The van der Waals surface area contributed by atoms with Gasteiger partial charge in [-0.1, -0.05) is 0 Å². The summed E-state index contributed by atoms with van der Waals surface area (Å²) in [5, 5.41) is 0.637. The summed E-state index contributed by atoms with van der Waals surface area (Å²) in [6, 6.07) is 0. The molecule has 6 nitrogen and oxygen atoms in total. The highest BCUT2D eigenvalue weighted by molar-refractivity contribution is 7.20. The van der Waals surface area contributed by atoms with Crippen molar-refractivity contribution in [2.45, 2.75) is 26.3 Å². The molecule has 2 aromatic rings. The van der Waals surface area contributed by atoms with Crippen molar-refractivity contribution >= 4 is 27.5 Å². The molecule has 2 aromatic heterocycles. The Morgan fingerprint density at radius 2 is 1.91 bits per heavy atom. The van der Waals surface area contributed by atoms with Crippen LogP contribution in [0.2, 0.25) is 0 Å². The van der Waals surface area contributed by atoms with Gasteiger partial charge in [0, 0.05) is 39.1 Å². The number of carbonyl (C=O) groups excluding carboxylic acids is 1. The second-order valence-electron chi connectivity index (χ2n) is 6.42. The summed E-state index contributed by atoms with van der Waals surface area (Å²) in [5.41, 5.74) is 0.822. The van der Waals surface area contributed by atoms with Crippen LogP contribution in [0.15, 0.2) is 4.79 Å². The first-order valence-electron chi connectivity index (χ1n) is 8.07. The van der Waals surface area contributed by atoms with E-state index in [1.54, 1.807) is 4.57 Å². The minimum Gasteiger partial charge on any atom is -0.335 e. The van der Waals surface area contributed by atoms with Gasteiger partial charge in [0.2, 0.25) is 0 Å². The fourth-order valence-electron chi connectivity index (χ4n) is 3.43. The third-order valence-electron chi connectivity index (χ3n) is 4.90. The first-order valence-corrected chi connectivity index (χ1v) is 8.88. The van der Waals surface area contributed by atoms with Crippen molar-refractivity contribution in [3.8, 4) is 0 Å². The summed E-state index contributed by atoms with van der Waals surface area (Å²) in [4.78, 5) is 35.7. The van der Waals surface area contributed by atoms with Crippen LogP contribution in [0.3, 0.4) is 0 Å². The maximum atomic E-state index is 12.8. The third-order valence-corrected chi connectivity index (χ3v) is 6.07. The van der Waals surface area contributed by atoms with E-state index in [2.05, 4.69) is 16.9 Å². The van der Waals surface area contributed by atoms with Crippen molar-refractivity contribution in [2.75, 3.05) is 33.2 Å². The van der Waals surface area contributed by atoms with Crippen molar-refractivity contribution in [3.63, 3.8) is 0 Å². The molecule has 0 N–H and O–H groups in total. The molecule has 0 unspecified atom stereocenters. The minimum atomic E-state index is 0.0219. The van der Waals surface area contributed by atoms with Gasteiger partial charge in [-0.3, -0.25) is 14.2 Å². The SMILES string of the molecule is Cc1c(C(=O)N2CCN(C)CC2)sc2nc3n(c(=O)c12)CCC3. The summed E-state index contributed by atoms with van der Waals surface area (Å²) >= 11 is 1.38. The molecule has 0 saturated carbocycles. The smallest absolute Gasteiger partial charge is 0.264 e. The number of likely N-dealkylation sites (N-methyl/N-ethyl adjacent to an activating group) is 1. The molecular formula is C16H20N4O2S. The van der Waals surface area contributed by atoms with Gasteiger partial charge in [0.15, 0.2) is 0 Å². The summed E-state index contributed by atoms with van der Waals surface area (Å²) in [7, 11) is 2.07. The third kappa shape index (κ3) is 2.30. The average Bonchev–Trinajstić information content (AvgIpc) is 3.13. The Morgan fingerprint density at radius 3 is 2.65 bits per heavy atom. The van der Waals surface area contributed by atoms with Gasteiger partial charge in [0.1, 0.15) is 10.7 Å². The van der Waals surface area contributed by atoms with Crippen LogP contribution in [0.5, 0.6) is 0 Å². The molecule has 122 valence electrons. The van der Waals surface area contributed by atoms with Gasteiger partial charge in [0.05, 0.1) is 10.3 Å². The molecule has 0 spiro atoms. The topological polar surface area (TPSA) is 58.4 Å². The van der Waals surface area contributed by atoms with E-state index in [1.165, 1.54) is 11.3 Å². The van der Waals surface area contributed by atoms with Gasteiger partial charge in [-0.25, -0.2) is 4.98 Å². The highest BCUT2D eigenvalue weighted by atomic mass is 32.1. The molecule has 0 aliphatic carbocycles. The lowest BCUT2D eigenvalue weighted by Crippen LogP contribution is -2.47. The van der Waals surface area contributed by atoms with Crippen molar-refractivity contribution in [3.05, 3.63) is 26.6 Å². The van der Waals surface area contributed by atoms with Crippen LogP contribution in [0.25, 0.3) is 10.2 Å². The lowest BCUT2D eigenvalue weighted by molar-refractivity contribution is 0.0668. The highest BCUT2D eigenvalue weighted by Crippen LogP contribution is 2.29. The number of rotatable bonds is 1. The number of piperazine rings is 1. The number of aryl methyl sites for hydroxylation is 2. The molecule has 4 heterocycles. The van der Waals surface area contributed by atoms with E-state index in [9.17, 15) is 9.59 Å². The highest BCUT2D eigenvalue weighted by Gasteiger charge is 2.27. The Morgan fingerprint density at radius 1 is 1.17 bits per heavy atom. The van der Waals surface area contributed by atoms with Crippen LogP contribution < -0.4 is 5.56 Å². The predicted molar refractivity (Wildman–Crippen MR) is 90.3 cm³/mol. The Kier molecular flexibility index (Phi) is 3.50. The van der Waals surface area contributed by atoms with E-state index in [0.717, 1.165) is 61.8 Å². The second kappa shape index (κ2) is 5.42. The molecule has 0 radical (unpaired) electrons. The maximum Gasteiger partial charge on any atom is 0.264 e. The summed E-state index contributed by atoms with van der Waals surface area (Å²) in [6.45, 7) is 5.90. The molecule has 2 aliphatic rings. The van der Waals surface area contributed by atoms with Gasteiger partial charge < -0.3 is 9.80 Å². The number of amides is 1. The Labute approximate surface area is 138 Å². The molecule has 2 aliphatic heterocycles. The van der Waals surface area contributed by atoms with Gasteiger partial charge in [-0.05, 0) is 26.0 Å². The largest absolute Gasteiger partial charge is 0.335 e. The monoisotopic (exact) mass is 332 g/mol. The number of aromatic nitrogens is 2. The Hall–Kier alpha value is -1.73. The Balaban J connectivity index is 1.77. The van der Waals surface area contributed by atoms with Crippen molar-refractivity contribution < 1.29 is 4.79 Å². The standard InChI is InChI=1S/C16H20N4O2S/c1-10-12-14(17-11-4-3-5-20(11)15(12)21)23-13(10)16(22)19-8-6-18(2)7-9-19/h3-9H2,1-2H3. The molecule has 0 atom stereocenters. The lowest BCUT2D eigenvalue weighted by Gasteiger charge is -2.32. The van der Waals surface area contributed by atoms with E-state index in [-0.39, 0.29) is 11.5 Å². The van der Waals surface area contributed by atoms with Crippen LogP contribution in [-0.2, 0) is 13.0 Å². The van der Waals surface area contributed by atoms with Crippen molar-refractivity contribution in [1.29, 1.82) is 0 Å². The first kappa shape index (κ1) is 14.8. The molecule has 7 heteroatoms. The van der Waals surface area contributed by atoms with Gasteiger partial charge >= 0.3 is 0 Å². The molecule has 4 rings (SSSR count). The lowest BCUT2D eigenvalue weighted by atomic mass is 10.2. The molecule has 1 saturated heterocycles. The fourth-order valence-corrected chi connectivity index (χ4v) is 4.59. The number of carbonyl (C=O) groups is 1. The van der Waals surface area contributed by atoms with Crippen LogP contribution >= 0.6 is 11.3 Å². The minimum absolute atomic E-state index is 0.0219. The van der Waals surface area contributed by atoms with E-state index >= 15 is 0 Å². The molecule has 23 heavy (non-hydrogen) atoms. The molecular weight excluding hydrogens is 312 g/mol. The zero-order chi connectivity index (χ0) is 16.1. The average molecular weight is 332 g/mol. The molecule has 0 bridgehead atoms. The fraction of sp³-hybridized carbons (Fsp3) is 0.562. The maximum absolute atomic E-state index is 12.8. The number of nitrogens with zero attached hydrogens (tertiary/aromatic N) is 4. The summed E-state index contributed by atoms with van der Waals surface area (Å²) < 4.78 is 1.77. The van der Waals surface area contributed by atoms with E-state index < -0.39 is 0 Å². The zero-order valence-corrected chi connectivity index (χ0v) is 14.3. The van der Waals surface area contributed by atoms with Gasteiger partial charge in [-0.15, -0.1) is 11.3 Å². The van der Waals surface area contributed by atoms with E-state index in [1.807, 2.05) is 11.8 Å². The van der Waals surface area contributed by atoms with Gasteiger partial charge in [0.25, 0.3) is 11.5 Å². The number of fused-ring (bicyclic) bond motifs is 2. The Bertz CT molecular complexity index is 846. The summed E-state index contributed by atoms with van der Waals surface area (Å²) in [5.74, 6) is 0.908. The van der Waals surface area contributed by atoms with Crippen molar-refractivity contribution in [2.24, 2.45) is 0 Å². The number of thiophene rings is 1. The molecule has 1 fully saturated rings. The predicted octanol–water partition coefficient (Wildman–Crippen LogP) is 1.10. The normalized spacial score (nSPS) is 18.6. The number of hydrogen-bond donors (Lipinski definition) is 0. The summed E-state index contributed by atoms with van der Waals surface area (Å²) in [6.07, 6.45) is 1.83. The van der Waals surface area contributed by atoms with Crippen LogP contribution in [-0.4, -0.2) is 58.5 Å². The zero-order valence-electron chi connectivity index (χ0n) is 13.5. The van der Waals surface area contributed by atoms with Crippen LogP contribution in [0.4, 0.5) is 0 Å². The number of hydrogen-bond acceptors (Lipinski definition) is 5. The second-order valence-corrected chi connectivity index (χ2v) is 7.42.